The molecule has 0 saturated carbocycles. The third kappa shape index (κ3) is 2.48. The van der Waals surface area contributed by atoms with Crippen LogP contribution in [0.1, 0.15) is 30.3 Å². The molecule has 3 rings (SSSR count). The molecule has 2 aliphatic heterocycles. The zero-order valence-electron chi connectivity index (χ0n) is 11.7. The molecule has 1 aromatic heterocycles. The molecule has 1 atom stereocenters. The summed E-state index contributed by atoms with van der Waals surface area (Å²) in [7, 11) is 0. The highest BCUT2D eigenvalue weighted by molar-refractivity contribution is 6.05. The van der Waals surface area contributed by atoms with Gasteiger partial charge >= 0.3 is 6.03 Å². The molecule has 2 aliphatic rings. The van der Waals surface area contributed by atoms with Crippen LogP contribution >= 0.6 is 0 Å². The summed E-state index contributed by atoms with van der Waals surface area (Å²) in [5.74, 6) is -0.574. The van der Waals surface area contributed by atoms with Crippen molar-refractivity contribution in [3.8, 4) is 0 Å². The second-order valence-electron chi connectivity index (χ2n) is 5.27. The van der Waals surface area contributed by atoms with Gasteiger partial charge < -0.3 is 10.2 Å². The molecule has 0 aromatic carbocycles. The zero-order chi connectivity index (χ0) is 15.0. The number of H-pyrrole nitrogens is 1. The summed E-state index contributed by atoms with van der Waals surface area (Å²) in [4.78, 5) is 36.6. The maximum atomic E-state index is 12.3. The lowest BCUT2D eigenvalue weighted by Crippen LogP contribution is -2.41. The number of hydrogen-bond acceptors (Lipinski definition) is 4. The maximum absolute atomic E-state index is 12.3. The number of urea groups is 1. The van der Waals surface area contributed by atoms with Crippen molar-refractivity contribution in [1.82, 2.24) is 25.7 Å². The van der Waals surface area contributed by atoms with E-state index in [2.05, 4.69) is 20.8 Å². The highest BCUT2D eigenvalue weighted by atomic mass is 16.2. The van der Waals surface area contributed by atoms with Gasteiger partial charge in [-0.15, -0.1) is 0 Å². The average Bonchev–Trinajstić information content (AvgIpc) is 3.01. The Morgan fingerprint density at radius 3 is 2.90 bits per heavy atom. The van der Waals surface area contributed by atoms with Crippen LogP contribution in [0.4, 0.5) is 4.79 Å². The number of carbonyl (C=O) groups excluding carboxylic acids is 3. The second kappa shape index (κ2) is 5.19. The van der Waals surface area contributed by atoms with E-state index in [0.29, 0.717) is 13.1 Å². The summed E-state index contributed by atoms with van der Waals surface area (Å²) >= 11 is 0. The number of nitrogens with one attached hydrogen (secondary N) is 3. The molecule has 8 heteroatoms. The maximum Gasteiger partial charge on any atom is 0.322 e. The van der Waals surface area contributed by atoms with Crippen molar-refractivity contribution in [1.29, 1.82) is 0 Å². The van der Waals surface area contributed by atoms with Crippen molar-refractivity contribution in [2.75, 3.05) is 6.54 Å². The van der Waals surface area contributed by atoms with Crippen molar-refractivity contribution in [3.63, 3.8) is 0 Å². The van der Waals surface area contributed by atoms with Crippen molar-refractivity contribution in [2.45, 2.75) is 38.8 Å². The van der Waals surface area contributed by atoms with E-state index in [9.17, 15) is 14.4 Å². The number of aromatic nitrogens is 2. The Labute approximate surface area is 121 Å². The van der Waals surface area contributed by atoms with Crippen LogP contribution in [-0.2, 0) is 29.0 Å². The van der Waals surface area contributed by atoms with Crippen LogP contribution in [0.15, 0.2) is 0 Å². The molecule has 1 saturated heterocycles. The minimum Gasteiger partial charge on any atom is -0.338 e. The Kier molecular flexibility index (Phi) is 3.36. The number of imide groups is 1. The summed E-state index contributed by atoms with van der Waals surface area (Å²) in [6, 6.07) is -1.30. The summed E-state index contributed by atoms with van der Waals surface area (Å²) in [5, 5.41) is 11.8. The van der Waals surface area contributed by atoms with E-state index in [4.69, 9.17) is 0 Å². The Morgan fingerprint density at radius 1 is 1.43 bits per heavy atom. The zero-order valence-corrected chi connectivity index (χ0v) is 11.7. The molecule has 4 amide bonds. The minimum absolute atomic E-state index is 0.00772. The molecule has 0 aliphatic carbocycles. The number of fused-ring (bicyclic) bond motifs is 1. The topological polar surface area (TPSA) is 107 Å². The fraction of sp³-hybridized carbons (Fsp3) is 0.538. The largest absolute Gasteiger partial charge is 0.338 e. The first-order valence-electron chi connectivity index (χ1n) is 7.02. The van der Waals surface area contributed by atoms with E-state index in [0.717, 1.165) is 29.8 Å². The van der Waals surface area contributed by atoms with Gasteiger partial charge in [0.15, 0.2) is 0 Å². The third-order valence-corrected chi connectivity index (χ3v) is 3.94. The first kappa shape index (κ1) is 13.6. The molecular weight excluding hydrogens is 274 g/mol. The minimum atomic E-state index is -0.763. The lowest BCUT2D eigenvalue weighted by Gasteiger charge is -2.27. The van der Waals surface area contributed by atoms with Crippen LogP contribution in [0.25, 0.3) is 0 Å². The molecule has 8 nitrogen and oxygen atoms in total. The molecular formula is C13H17N5O3. The Bertz CT molecular complexity index is 595. The smallest absolute Gasteiger partial charge is 0.322 e. The summed E-state index contributed by atoms with van der Waals surface area (Å²) < 4.78 is 0. The van der Waals surface area contributed by atoms with Crippen LogP contribution < -0.4 is 10.6 Å². The van der Waals surface area contributed by atoms with Gasteiger partial charge in [-0.05, 0) is 6.42 Å². The summed E-state index contributed by atoms with van der Waals surface area (Å²) in [6.07, 6.45) is 1.54. The highest BCUT2D eigenvalue weighted by Crippen LogP contribution is 2.21. The average molecular weight is 291 g/mol. The molecule has 0 bridgehead atoms. The number of amides is 4. The molecule has 0 unspecified atom stereocenters. The van der Waals surface area contributed by atoms with E-state index in [1.165, 1.54) is 0 Å². The number of aryl methyl sites for hydroxylation is 1. The van der Waals surface area contributed by atoms with Crippen molar-refractivity contribution >= 4 is 17.8 Å². The van der Waals surface area contributed by atoms with E-state index in [1.54, 1.807) is 4.90 Å². The molecule has 3 N–H and O–H groups in total. The normalized spacial score (nSPS) is 21.0. The Hall–Kier alpha value is -2.38. The number of hydrogen-bond donors (Lipinski definition) is 3. The quantitative estimate of drug-likeness (QED) is 0.650. The molecule has 21 heavy (non-hydrogen) atoms. The molecule has 0 spiro atoms. The van der Waals surface area contributed by atoms with Gasteiger partial charge in [-0.3, -0.25) is 20.0 Å². The van der Waals surface area contributed by atoms with Gasteiger partial charge in [-0.1, -0.05) is 6.92 Å². The molecule has 112 valence electrons. The van der Waals surface area contributed by atoms with Crippen LogP contribution in [0.5, 0.6) is 0 Å². The van der Waals surface area contributed by atoms with Crippen LogP contribution in [-0.4, -0.2) is 45.5 Å². The van der Waals surface area contributed by atoms with E-state index in [-0.39, 0.29) is 12.3 Å². The van der Waals surface area contributed by atoms with Crippen molar-refractivity contribution < 1.29 is 14.4 Å². The standard InChI is InChI=1S/C13H17N5O3/c1-2-8-7-6-18(4-3-9(7)17-16-8)11(19)5-10-12(20)15-13(21)14-10/h10H,2-6H2,1H3,(H,16,17)(H2,14,15,20,21)/t10-/m0/s1. The van der Waals surface area contributed by atoms with Crippen LogP contribution in [0.3, 0.4) is 0 Å². The van der Waals surface area contributed by atoms with Crippen LogP contribution in [0.2, 0.25) is 0 Å². The van der Waals surface area contributed by atoms with E-state index < -0.39 is 18.0 Å². The summed E-state index contributed by atoms with van der Waals surface area (Å²) in [6.45, 7) is 3.13. The Balaban J connectivity index is 1.67. The van der Waals surface area contributed by atoms with Gasteiger partial charge in [0.05, 0.1) is 12.1 Å². The van der Waals surface area contributed by atoms with Gasteiger partial charge in [0.1, 0.15) is 6.04 Å². The first-order chi connectivity index (χ1) is 10.1. The second-order valence-corrected chi connectivity index (χ2v) is 5.27. The van der Waals surface area contributed by atoms with Crippen LogP contribution in [0, 0.1) is 0 Å². The van der Waals surface area contributed by atoms with Gasteiger partial charge in [-0.25, -0.2) is 4.79 Å². The van der Waals surface area contributed by atoms with Gasteiger partial charge in [-0.2, -0.15) is 5.10 Å². The fourth-order valence-electron chi connectivity index (χ4n) is 2.77. The molecule has 3 heterocycles. The third-order valence-electron chi connectivity index (χ3n) is 3.94. The number of nitrogens with zero attached hydrogens (tertiary/aromatic N) is 2. The monoisotopic (exact) mass is 291 g/mol. The van der Waals surface area contributed by atoms with Gasteiger partial charge in [0.2, 0.25) is 5.91 Å². The van der Waals surface area contributed by atoms with E-state index in [1.807, 2.05) is 6.92 Å². The molecule has 1 aromatic rings. The molecule has 0 radical (unpaired) electrons. The van der Waals surface area contributed by atoms with Crippen molar-refractivity contribution in [3.05, 3.63) is 17.0 Å². The van der Waals surface area contributed by atoms with Gasteiger partial charge in [0, 0.05) is 30.8 Å². The lowest BCUT2D eigenvalue weighted by atomic mass is 10.0. The summed E-state index contributed by atoms with van der Waals surface area (Å²) in [5.41, 5.74) is 3.15. The molecule has 1 fully saturated rings. The predicted octanol–water partition coefficient (Wildman–Crippen LogP) is -0.545. The van der Waals surface area contributed by atoms with Gasteiger partial charge in [0.25, 0.3) is 5.91 Å². The fourth-order valence-corrected chi connectivity index (χ4v) is 2.77. The number of aromatic amines is 1. The highest BCUT2D eigenvalue weighted by Gasteiger charge is 2.33. The Morgan fingerprint density at radius 2 is 2.24 bits per heavy atom. The first-order valence-corrected chi connectivity index (χ1v) is 7.02. The number of rotatable bonds is 3. The number of carbonyl (C=O) groups is 3. The van der Waals surface area contributed by atoms with E-state index >= 15 is 0 Å². The SMILES string of the molecule is CCc1n[nH]c2c1CN(C(=O)C[C@@H]1NC(=O)NC1=O)CC2. The van der Waals surface area contributed by atoms with Crippen molar-refractivity contribution in [2.24, 2.45) is 0 Å². The predicted molar refractivity (Wildman–Crippen MR) is 72.2 cm³/mol. The lowest BCUT2D eigenvalue weighted by molar-refractivity contribution is -0.134.